The standard InChI is InChI=1S/C8H9F3O.C2H6/c1-6-4-2-3-5-7(6)12-8(9,10)11;1-2/h3,5H,2,4H2,1H3;1-2H3. The molecule has 0 N–H and O–H groups in total. The van der Waals surface area contributed by atoms with Gasteiger partial charge in [0, 0.05) is 0 Å². The highest BCUT2D eigenvalue weighted by Gasteiger charge is 2.32. The lowest BCUT2D eigenvalue weighted by atomic mass is 10.1. The van der Waals surface area contributed by atoms with Gasteiger partial charge in [0.05, 0.1) is 0 Å². The van der Waals surface area contributed by atoms with Crippen LogP contribution in [0.2, 0.25) is 0 Å². The molecule has 1 nitrogen and oxygen atoms in total. The number of ether oxygens (including phenoxy) is 1. The second-order valence-corrected chi connectivity index (χ2v) is 2.63. The summed E-state index contributed by atoms with van der Waals surface area (Å²) in [5.74, 6) is -0.0613. The lowest BCUT2D eigenvalue weighted by molar-refractivity contribution is -0.303. The minimum absolute atomic E-state index is 0.0613. The number of allylic oxidation sites excluding steroid dienone is 3. The van der Waals surface area contributed by atoms with Gasteiger partial charge in [-0.2, -0.15) is 0 Å². The van der Waals surface area contributed by atoms with Crippen molar-refractivity contribution in [1.29, 1.82) is 0 Å². The molecule has 0 aliphatic heterocycles. The molecule has 0 bridgehead atoms. The predicted molar refractivity (Wildman–Crippen MR) is 49.6 cm³/mol. The van der Waals surface area contributed by atoms with E-state index in [1.807, 2.05) is 13.8 Å². The van der Waals surface area contributed by atoms with E-state index in [1.165, 1.54) is 6.08 Å². The van der Waals surface area contributed by atoms with Gasteiger partial charge in [0.2, 0.25) is 0 Å². The van der Waals surface area contributed by atoms with Crippen LogP contribution in [0.15, 0.2) is 23.5 Å². The molecular weight excluding hydrogens is 193 g/mol. The van der Waals surface area contributed by atoms with Crippen LogP contribution in [-0.4, -0.2) is 6.36 Å². The average molecular weight is 208 g/mol. The van der Waals surface area contributed by atoms with Crippen LogP contribution >= 0.6 is 0 Å². The molecule has 4 heteroatoms. The summed E-state index contributed by atoms with van der Waals surface area (Å²) in [5.41, 5.74) is 0.648. The van der Waals surface area contributed by atoms with Crippen LogP contribution in [0.1, 0.15) is 33.6 Å². The minimum Gasteiger partial charge on any atom is -0.406 e. The fourth-order valence-electron chi connectivity index (χ4n) is 1.00. The SMILES string of the molecule is CC.CC1=C(OC(F)(F)F)C=CCC1. The van der Waals surface area contributed by atoms with Crippen LogP contribution in [0.4, 0.5) is 13.2 Å². The van der Waals surface area contributed by atoms with Crippen LogP contribution in [0.5, 0.6) is 0 Å². The Hall–Kier alpha value is -0.930. The van der Waals surface area contributed by atoms with Crippen LogP contribution in [0, 0.1) is 0 Å². The Bertz CT molecular complexity index is 226. The lowest BCUT2D eigenvalue weighted by Gasteiger charge is -2.15. The summed E-state index contributed by atoms with van der Waals surface area (Å²) in [6, 6.07) is 0. The fourth-order valence-corrected chi connectivity index (χ4v) is 1.00. The maximum Gasteiger partial charge on any atom is 0.573 e. The quantitative estimate of drug-likeness (QED) is 0.628. The van der Waals surface area contributed by atoms with Gasteiger partial charge in [-0.1, -0.05) is 19.9 Å². The molecule has 1 aliphatic rings. The number of alkyl halides is 3. The Labute approximate surface area is 82.3 Å². The van der Waals surface area contributed by atoms with Crippen molar-refractivity contribution in [2.24, 2.45) is 0 Å². The first-order chi connectivity index (χ1) is 6.49. The van der Waals surface area contributed by atoms with Gasteiger partial charge in [0.15, 0.2) is 0 Å². The Kier molecular flexibility index (Phi) is 5.35. The molecule has 82 valence electrons. The highest BCUT2D eigenvalue weighted by atomic mass is 19.4. The molecule has 0 aromatic rings. The number of rotatable bonds is 1. The summed E-state index contributed by atoms with van der Waals surface area (Å²) in [6.07, 6.45) is -0.100. The third-order valence-corrected chi connectivity index (χ3v) is 1.60. The maximum atomic E-state index is 11.7. The monoisotopic (exact) mass is 208 g/mol. The number of hydrogen-bond donors (Lipinski definition) is 0. The van der Waals surface area contributed by atoms with Gasteiger partial charge >= 0.3 is 6.36 Å². The summed E-state index contributed by atoms with van der Waals surface area (Å²) >= 11 is 0. The summed E-state index contributed by atoms with van der Waals surface area (Å²) in [6.45, 7) is 5.64. The van der Waals surface area contributed by atoms with Crippen LogP contribution in [-0.2, 0) is 4.74 Å². The Morgan fingerprint density at radius 1 is 1.29 bits per heavy atom. The van der Waals surface area contributed by atoms with Crippen molar-refractivity contribution in [3.05, 3.63) is 23.5 Å². The highest BCUT2D eigenvalue weighted by Crippen LogP contribution is 2.27. The first-order valence-corrected chi connectivity index (χ1v) is 4.61. The third-order valence-electron chi connectivity index (χ3n) is 1.60. The van der Waals surface area contributed by atoms with Crippen LogP contribution < -0.4 is 0 Å². The molecule has 0 heterocycles. The average Bonchev–Trinajstić information content (AvgIpc) is 2.10. The summed E-state index contributed by atoms with van der Waals surface area (Å²) in [7, 11) is 0. The molecule has 0 radical (unpaired) electrons. The molecule has 0 amide bonds. The second kappa shape index (κ2) is 5.73. The Morgan fingerprint density at radius 2 is 1.86 bits per heavy atom. The van der Waals surface area contributed by atoms with Gasteiger partial charge in [-0.3, -0.25) is 0 Å². The van der Waals surface area contributed by atoms with E-state index in [2.05, 4.69) is 4.74 Å². The van der Waals surface area contributed by atoms with E-state index in [-0.39, 0.29) is 5.76 Å². The molecule has 0 aromatic heterocycles. The molecule has 0 atom stereocenters. The number of halogens is 3. The maximum absolute atomic E-state index is 11.7. The zero-order valence-corrected chi connectivity index (χ0v) is 8.61. The van der Waals surface area contributed by atoms with E-state index < -0.39 is 6.36 Å². The van der Waals surface area contributed by atoms with Crippen molar-refractivity contribution in [2.45, 2.75) is 40.0 Å². The lowest BCUT2D eigenvalue weighted by Crippen LogP contribution is -2.13. The summed E-state index contributed by atoms with van der Waals surface area (Å²) in [5, 5.41) is 0. The largest absolute Gasteiger partial charge is 0.573 e. The Balaban J connectivity index is 0.000000791. The molecule has 1 aliphatic carbocycles. The van der Waals surface area contributed by atoms with E-state index in [0.29, 0.717) is 12.0 Å². The van der Waals surface area contributed by atoms with Gasteiger partial charge in [0.1, 0.15) is 5.76 Å². The summed E-state index contributed by atoms with van der Waals surface area (Å²) in [4.78, 5) is 0. The van der Waals surface area contributed by atoms with Crippen molar-refractivity contribution in [1.82, 2.24) is 0 Å². The molecule has 0 spiro atoms. The molecule has 0 aromatic carbocycles. The van der Waals surface area contributed by atoms with E-state index in [0.717, 1.165) is 6.42 Å². The van der Waals surface area contributed by atoms with Gasteiger partial charge in [0.25, 0.3) is 0 Å². The molecule has 0 saturated carbocycles. The predicted octanol–water partition coefficient (Wildman–Crippen LogP) is 4.17. The molecule has 14 heavy (non-hydrogen) atoms. The van der Waals surface area contributed by atoms with E-state index in [4.69, 9.17) is 0 Å². The topological polar surface area (TPSA) is 9.23 Å². The van der Waals surface area contributed by atoms with Crippen LogP contribution in [0.25, 0.3) is 0 Å². The normalized spacial score (nSPS) is 16.1. The number of hydrogen-bond acceptors (Lipinski definition) is 1. The fraction of sp³-hybridized carbons (Fsp3) is 0.600. The van der Waals surface area contributed by atoms with E-state index in [9.17, 15) is 13.2 Å². The first-order valence-electron chi connectivity index (χ1n) is 4.61. The van der Waals surface area contributed by atoms with Crippen molar-refractivity contribution in [2.75, 3.05) is 0 Å². The van der Waals surface area contributed by atoms with E-state index >= 15 is 0 Å². The van der Waals surface area contributed by atoms with Crippen molar-refractivity contribution in [3.8, 4) is 0 Å². The summed E-state index contributed by atoms with van der Waals surface area (Å²) < 4.78 is 39.0. The molecule has 1 rings (SSSR count). The van der Waals surface area contributed by atoms with Crippen LogP contribution in [0.3, 0.4) is 0 Å². The highest BCUT2D eigenvalue weighted by molar-refractivity contribution is 5.23. The van der Waals surface area contributed by atoms with Crippen molar-refractivity contribution >= 4 is 0 Å². The zero-order valence-electron chi connectivity index (χ0n) is 8.61. The van der Waals surface area contributed by atoms with Crippen molar-refractivity contribution in [3.63, 3.8) is 0 Å². The minimum atomic E-state index is -4.57. The van der Waals surface area contributed by atoms with Gasteiger partial charge in [-0.05, 0) is 31.4 Å². The van der Waals surface area contributed by atoms with Gasteiger partial charge in [-0.15, -0.1) is 13.2 Å². The molecule has 0 saturated heterocycles. The second-order valence-electron chi connectivity index (χ2n) is 2.63. The van der Waals surface area contributed by atoms with E-state index in [1.54, 1.807) is 13.0 Å². The smallest absolute Gasteiger partial charge is 0.406 e. The molecular formula is C10H15F3O. The zero-order chi connectivity index (χ0) is 11.2. The van der Waals surface area contributed by atoms with Gasteiger partial charge < -0.3 is 4.74 Å². The molecule has 0 unspecified atom stereocenters. The van der Waals surface area contributed by atoms with Gasteiger partial charge in [-0.25, -0.2) is 0 Å². The first kappa shape index (κ1) is 13.1. The molecule has 0 fully saturated rings. The third kappa shape index (κ3) is 4.94. The van der Waals surface area contributed by atoms with Crippen molar-refractivity contribution < 1.29 is 17.9 Å². The Morgan fingerprint density at radius 3 is 2.29 bits per heavy atom.